The highest BCUT2D eigenvalue weighted by Gasteiger charge is 2.46. The van der Waals surface area contributed by atoms with Crippen molar-refractivity contribution in [1.29, 1.82) is 0 Å². The number of carbonyl (C=O) groups excluding carboxylic acids is 1. The molecule has 0 aliphatic carbocycles. The van der Waals surface area contributed by atoms with Crippen molar-refractivity contribution in [2.75, 3.05) is 14.2 Å². The lowest BCUT2D eigenvalue weighted by atomic mass is 9.99. The Balaban J connectivity index is 0.00000211. The van der Waals surface area contributed by atoms with Gasteiger partial charge in [0.15, 0.2) is 12.4 Å². The van der Waals surface area contributed by atoms with E-state index < -0.39 is 36.7 Å². The first-order chi connectivity index (χ1) is 10.5. The molecule has 1 aliphatic rings. The lowest BCUT2D eigenvalue weighted by molar-refractivity contribution is -0.293. The van der Waals surface area contributed by atoms with E-state index in [1.54, 1.807) is 25.2 Å². The van der Waals surface area contributed by atoms with Crippen molar-refractivity contribution >= 4 is 5.97 Å². The Bertz CT molecular complexity index is 366. The van der Waals surface area contributed by atoms with Crippen molar-refractivity contribution in [3.63, 3.8) is 0 Å². The van der Waals surface area contributed by atoms with Crippen molar-refractivity contribution in [3.05, 3.63) is 24.3 Å². The fourth-order valence-corrected chi connectivity index (χ4v) is 1.98. The normalized spacial score (nSPS) is 31.9. The van der Waals surface area contributed by atoms with Crippen LogP contribution in [0, 0.1) is 0 Å². The van der Waals surface area contributed by atoms with Gasteiger partial charge in [-0.05, 0) is 13.8 Å². The van der Waals surface area contributed by atoms with E-state index in [1.807, 2.05) is 20.8 Å². The van der Waals surface area contributed by atoms with Crippen molar-refractivity contribution < 1.29 is 28.8 Å². The molecule has 0 aromatic heterocycles. The Labute approximate surface area is 132 Å². The van der Waals surface area contributed by atoms with E-state index in [-0.39, 0.29) is 0 Å². The molecular weight excluding hydrogens is 288 g/mol. The van der Waals surface area contributed by atoms with E-state index in [4.69, 9.17) is 18.9 Å². The molecular formula is C16H28O6. The number of methoxy groups -OCH3 is 2. The van der Waals surface area contributed by atoms with Crippen LogP contribution in [-0.2, 0) is 23.7 Å². The summed E-state index contributed by atoms with van der Waals surface area (Å²) >= 11 is 0. The first kappa shape index (κ1) is 20.8. The number of rotatable bonds is 5. The predicted molar refractivity (Wildman–Crippen MR) is 83.3 cm³/mol. The van der Waals surface area contributed by atoms with E-state index in [9.17, 15) is 9.90 Å². The molecule has 0 amide bonds. The molecule has 1 heterocycles. The van der Waals surface area contributed by atoms with Crippen molar-refractivity contribution in [3.8, 4) is 0 Å². The van der Waals surface area contributed by atoms with E-state index in [2.05, 4.69) is 0 Å². The van der Waals surface area contributed by atoms with Gasteiger partial charge in [0, 0.05) is 20.3 Å². The SMILES string of the molecule is C/C=C/C=C\C(=O)OC1C(O)C(C)OC(OC)C1OC.CC. The van der Waals surface area contributed by atoms with Gasteiger partial charge in [0.25, 0.3) is 0 Å². The molecule has 0 radical (unpaired) electrons. The molecule has 5 unspecified atom stereocenters. The van der Waals surface area contributed by atoms with Crippen LogP contribution in [0.4, 0.5) is 0 Å². The molecule has 1 rings (SSSR count). The molecule has 22 heavy (non-hydrogen) atoms. The van der Waals surface area contributed by atoms with Gasteiger partial charge in [0.1, 0.15) is 12.2 Å². The van der Waals surface area contributed by atoms with Crippen LogP contribution in [0.15, 0.2) is 24.3 Å². The highest BCUT2D eigenvalue weighted by atomic mass is 16.7. The lowest BCUT2D eigenvalue weighted by Gasteiger charge is -2.41. The second-order valence-electron chi connectivity index (χ2n) is 4.42. The number of allylic oxidation sites excluding steroid dienone is 3. The molecule has 1 fully saturated rings. The average molecular weight is 316 g/mol. The minimum absolute atomic E-state index is 0.524. The third-order valence-corrected chi connectivity index (χ3v) is 3.05. The molecule has 1 aliphatic heterocycles. The van der Waals surface area contributed by atoms with Crippen LogP contribution >= 0.6 is 0 Å². The first-order valence-electron chi connectivity index (χ1n) is 7.44. The number of aliphatic hydroxyl groups is 1. The highest BCUT2D eigenvalue weighted by molar-refractivity contribution is 5.82. The number of esters is 1. The Morgan fingerprint density at radius 3 is 2.27 bits per heavy atom. The summed E-state index contributed by atoms with van der Waals surface area (Å²) in [5, 5.41) is 10.1. The smallest absolute Gasteiger partial charge is 0.331 e. The molecule has 1 saturated heterocycles. The van der Waals surface area contributed by atoms with Crippen LogP contribution in [0.25, 0.3) is 0 Å². The van der Waals surface area contributed by atoms with E-state index >= 15 is 0 Å². The molecule has 0 aromatic carbocycles. The van der Waals surface area contributed by atoms with E-state index in [1.165, 1.54) is 20.3 Å². The molecule has 0 saturated carbocycles. The monoisotopic (exact) mass is 316 g/mol. The van der Waals surface area contributed by atoms with Gasteiger partial charge < -0.3 is 24.1 Å². The zero-order valence-electron chi connectivity index (χ0n) is 14.2. The summed E-state index contributed by atoms with van der Waals surface area (Å²) in [7, 11) is 2.91. The van der Waals surface area contributed by atoms with E-state index in [0.717, 1.165) is 0 Å². The maximum atomic E-state index is 11.7. The van der Waals surface area contributed by atoms with Gasteiger partial charge in [-0.1, -0.05) is 32.1 Å². The Morgan fingerprint density at radius 1 is 1.14 bits per heavy atom. The minimum Gasteiger partial charge on any atom is -0.453 e. The number of carbonyl (C=O) groups is 1. The van der Waals surface area contributed by atoms with Crippen LogP contribution in [0.1, 0.15) is 27.7 Å². The standard InChI is InChI=1S/C14H22O6.C2H6/c1-5-6-7-8-10(15)20-12-11(16)9(2)19-14(18-4)13(12)17-3;1-2/h5-9,11-14,16H,1-4H3;1-2H3/b6-5+,8-7-;. The van der Waals surface area contributed by atoms with Gasteiger partial charge in [0.2, 0.25) is 0 Å². The van der Waals surface area contributed by atoms with Gasteiger partial charge in [-0.2, -0.15) is 0 Å². The minimum atomic E-state index is -0.981. The van der Waals surface area contributed by atoms with Gasteiger partial charge >= 0.3 is 5.97 Å². The van der Waals surface area contributed by atoms with Crippen molar-refractivity contribution in [2.45, 2.75) is 58.4 Å². The Morgan fingerprint density at radius 2 is 1.77 bits per heavy atom. The summed E-state index contributed by atoms with van der Waals surface area (Å²) < 4.78 is 21.1. The Kier molecular flexibility index (Phi) is 10.7. The maximum Gasteiger partial charge on any atom is 0.331 e. The topological polar surface area (TPSA) is 74.2 Å². The van der Waals surface area contributed by atoms with Crippen LogP contribution in [0.3, 0.4) is 0 Å². The zero-order valence-corrected chi connectivity index (χ0v) is 14.2. The number of hydrogen-bond acceptors (Lipinski definition) is 6. The van der Waals surface area contributed by atoms with Gasteiger partial charge in [-0.3, -0.25) is 0 Å². The maximum absolute atomic E-state index is 11.7. The molecule has 1 N–H and O–H groups in total. The lowest BCUT2D eigenvalue weighted by Crippen LogP contribution is -2.59. The molecule has 0 bridgehead atoms. The Hall–Kier alpha value is -1.21. The summed E-state index contributed by atoms with van der Waals surface area (Å²) in [5.41, 5.74) is 0. The molecule has 6 nitrogen and oxygen atoms in total. The largest absolute Gasteiger partial charge is 0.453 e. The third kappa shape index (κ3) is 5.88. The zero-order chi connectivity index (χ0) is 17.1. The van der Waals surface area contributed by atoms with Crippen LogP contribution in [0.2, 0.25) is 0 Å². The quantitative estimate of drug-likeness (QED) is 0.474. The fourth-order valence-electron chi connectivity index (χ4n) is 1.98. The van der Waals surface area contributed by atoms with Crippen LogP contribution in [0.5, 0.6) is 0 Å². The third-order valence-electron chi connectivity index (χ3n) is 3.05. The highest BCUT2D eigenvalue weighted by Crippen LogP contribution is 2.25. The van der Waals surface area contributed by atoms with Crippen molar-refractivity contribution in [1.82, 2.24) is 0 Å². The summed E-state index contributed by atoms with van der Waals surface area (Å²) in [6.45, 7) is 7.52. The summed E-state index contributed by atoms with van der Waals surface area (Å²) in [6.07, 6.45) is 2.59. The van der Waals surface area contributed by atoms with Crippen LogP contribution in [-0.4, -0.2) is 56.0 Å². The molecule has 128 valence electrons. The second-order valence-corrected chi connectivity index (χ2v) is 4.42. The summed E-state index contributed by atoms with van der Waals surface area (Å²) in [6, 6.07) is 0. The van der Waals surface area contributed by atoms with E-state index in [0.29, 0.717) is 0 Å². The number of aliphatic hydroxyl groups excluding tert-OH is 1. The fraction of sp³-hybridized carbons (Fsp3) is 0.688. The van der Waals surface area contributed by atoms with Gasteiger partial charge in [-0.25, -0.2) is 4.79 Å². The number of hydrogen-bond donors (Lipinski definition) is 1. The van der Waals surface area contributed by atoms with Gasteiger partial charge in [-0.15, -0.1) is 0 Å². The molecule has 6 heteroatoms. The number of ether oxygens (including phenoxy) is 4. The molecule has 0 aromatic rings. The first-order valence-corrected chi connectivity index (χ1v) is 7.44. The van der Waals surface area contributed by atoms with Crippen molar-refractivity contribution in [2.24, 2.45) is 0 Å². The summed E-state index contributed by atoms with van der Waals surface area (Å²) in [5.74, 6) is -0.557. The second kappa shape index (κ2) is 11.4. The molecule has 5 atom stereocenters. The van der Waals surface area contributed by atoms with Gasteiger partial charge in [0.05, 0.1) is 6.10 Å². The predicted octanol–water partition coefficient (Wildman–Crippen LogP) is 1.82. The molecule has 0 spiro atoms. The average Bonchev–Trinajstić information content (AvgIpc) is 2.53. The summed E-state index contributed by atoms with van der Waals surface area (Å²) in [4.78, 5) is 11.7. The van der Waals surface area contributed by atoms with Crippen LogP contribution < -0.4 is 0 Å².